The molecule has 5 heteroatoms. The van der Waals surface area contributed by atoms with Gasteiger partial charge in [-0.25, -0.2) is 4.98 Å². The van der Waals surface area contributed by atoms with Gasteiger partial charge in [-0.2, -0.15) is 4.39 Å². The number of hydrogen-bond donors (Lipinski definition) is 0. The molecule has 1 fully saturated rings. The molecule has 0 bridgehead atoms. The van der Waals surface area contributed by atoms with Crippen molar-refractivity contribution in [1.82, 2.24) is 9.88 Å². The molecule has 1 unspecified atom stereocenters. The number of hydrogen-bond acceptors (Lipinski definition) is 3. The van der Waals surface area contributed by atoms with E-state index in [0.29, 0.717) is 31.0 Å². The Morgan fingerprint density at radius 2 is 2.21 bits per heavy atom. The number of carbonyl (C=O) groups excluding carboxylic acids is 1. The summed E-state index contributed by atoms with van der Waals surface area (Å²) in [6, 6.07) is 4.87. The zero-order valence-electron chi connectivity index (χ0n) is 11.3. The maximum Gasteiger partial charge on any atom is 0.249 e. The van der Waals surface area contributed by atoms with Crippen LogP contribution in [0.25, 0.3) is 0 Å². The van der Waals surface area contributed by atoms with E-state index in [-0.39, 0.29) is 11.9 Å². The monoisotopic (exact) mass is 263 g/mol. The Bertz CT molecular complexity index is 503. The van der Waals surface area contributed by atoms with E-state index < -0.39 is 5.95 Å². The van der Waals surface area contributed by atoms with E-state index in [1.807, 2.05) is 11.8 Å². The number of pyridine rings is 1. The molecule has 1 amide bonds. The molecule has 1 aromatic heterocycles. The lowest BCUT2D eigenvalue weighted by molar-refractivity contribution is -0.127. The highest BCUT2D eigenvalue weighted by Gasteiger charge is 2.27. The number of piperazine rings is 1. The van der Waals surface area contributed by atoms with Crippen LogP contribution in [0.4, 0.5) is 10.2 Å². The van der Waals surface area contributed by atoms with Gasteiger partial charge in [-0.15, -0.1) is 0 Å². The van der Waals surface area contributed by atoms with Gasteiger partial charge in [0, 0.05) is 31.2 Å². The van der Waals surface area contributed by atoms with Gasteiger partial charge in [0.15, 0.2) is 0 Å². The van der Waals surface area contributed by atoms with Crippen LogP contribution in [0.2, 0.25) is 0 Å². The van der Waals surface area contributed by atoms with Crippen LogP contribution in [0, 0.1) is 5.95 Å². The summed E-state index contributed by atoms with van der Waals surface area (Å²) < 4.78 is 13.1. The molecule has 102 valence electrons. The first-order valence-electron chi connectivity index (χ1n) is 6.33. The van der Waals surface area contributed by atoms with Crippen LogP contribution in [0.5, 0.6) is 0 Å². The van der Waals surface area contributed by atoms with E-state index in [1.165, 1.54) is 6.07 Å². The summed E-state index contributed by atoms with van der Waals surface area (Å²) in [5, 5.41) is 0. The van der Waals surface area contributed by atoms with Crippen LogP contribution < -0.4 is 4.90 Å². The highest BCUT2D eigenvalue weighted by molar-refractivity contribution is 5.92. The Morgan fingerprint density at radius 3 is 2.79 bits per heavy atom. The molecule has 0 N–H and O–H groups in total. The Kier molecular flexibility index (Phi) is 3.83. The second kappa shape index (κ2) is 5.38. The first-order chi connectivity index (χ1) is 8.99. The lowest BCUT2D eigenvalue weighted by Crippen LogP contribution is -2.54. The van der Waals surface area contributed by atoms with Gasteiger partial charge in [0.25, 0.3) is 0 Å². The number of anilines is 1. The molecule has 1 aliphatic heterocycles. The molecule has 1 saturated heterocycles. The molecule has 2 heterocycles. The SMILES string of the molecule is C=C(C)C(=O)N1CCN(c2cccc(F)n2)C(C)C1. The first kappa shape index (κ1) is 13.5. The average Bonchev–Trinajstić information content (AvgIpc) is 2.37. The largest absolute Gasteiger partial charge is 0.350 e. The van der Waals surface area contributed by atoms with Gasteiger partial charge < -0.3 is 9.80 Å². The van der Waals surface area contributed by atoms with Crippen molar-refractivity contribution >= 4 is 11.7 Å². The van der Waals surface area contributed by atoms with Crippen LogP contribution >= 0.6 is 0 Å². The van der Waals surface area contributed by atoms with Crippen LogP contribution in [0.15, 0.2) is 30.4 Å². The molecule has 1 aromatic rings. The van der Waals surface area contributed by atoms with Gasteiger partial charge in [0.05, 0.1) is 0 Å². The van der Waals surface area contributed by atoms with Crippen molar-refractivity contribution < 1.29 is 9.18 Å². The third-order valence-electron chi connectivity index (χ3n) is 3.27. The second-order valence-electron chi connectivity index (χ2n) is 4.89. The molecule has 0 saturated carbocycles. The van der Waals surface area contributed by atoms with Crippen molar-refractivity contribution in [3.63, 3.8) is 0 Å². The van der Waals surface area contributed by atoms with Crippen molar-refractivity contribution in [2.75, 3.05) is 24.5 Å². The maximum absolute atomic E-state index is 13.1. The zero-order chi connectivity index (χ0) is 14.0. The van der Waals surface area contributed by atoms with Crippen molar-refractivity contribution in [3.05, 3.63) is 36.3 Å². The predicted octanol–water partition coefficient (Wildman–Crippen LogP) is 1.83. The van der Waals surface area contributed by atoms with Gasteiger partial charge in [0.1, 0.15) is 5.82 Å². The third-order valence-corrected chi connectivity index (χ3v) is 3.27. The molecule has 0 spiro atoms. The number of nitrogens with zero attached hydrogens (tertiary/aromatic N) is 3. The highest BCUT2D eigenvalue weighted by atomic mass is 19.1. The van der Waals surface area contributed by atoms with E-state index in [4.69, 9.17) is 0 Å². The zero-order valence-corrected chi connectivity index (χ0v) is 11.3. The predicted molar refractivity (Wildman–Crippen MR) is 72.4 cm³/mol. The fraction of sp³-hybridized carbons (Fsp3) is 0.429. The fourth-order valence-electron chi connectivity index (χ4n) is 2.31. The normalized spacial score (nSPS) is 19.4. The molecule has 19 heavy (non-hydrogen) atoms. The first-order valence-corrected chi connectivity index (χ1v) is 6.33. The molecule has 1 aliphatic rings. The van der Waals surface area contributed by atoms with Crippen molar-refractivity contribution in [2.45, 2.75) is 19.9 Å². The fourth-order valence-corrected chi connectivity index (χ4v) is 2.31. The third kappa shape index (κ3) is 2.92. The van der Waals surface area contributed by atoms with Gasteiger partial charge in [-0.3, -0.25) is 4.79 Å². The van der Waals surface area contributed by atoms with E-state index in [2.05, 4.69) is 11.6 Å². The quantitative estimate of drug-likeness (QED) is 0.603. The summed E-state index contributed by atoms with van der Waals surface area (Å²) in [7, 11) is 0. The Hall–Kier alpha value is -1.91. The van der Waals surface area contributed by atoms with Crippen LogP contribution in [-0.4, -0.2) is 41.5 Å². The van der Waals surface area contributed by atoms with Crippen molar-refractivity contribution in [2.24, 2.45) is 0 Å². The smallest absolute Gasteiger partial charge is 0.249 e. The molecule has 0 aliphatic carbocycles. The molecular formula is C14H18FN3O. The minimum absolute atomic E-state index is 0.0151. The molecule has 4 nitrogen and oxygen atoms in total. The lowest BCUT2D eigenvalue weighted by atomic mass is 10.1. The Balaban J connectivity index is 2.09. The van der Waals surface area contributed by atoms with E-state index in [9.17, 15) is 9.18 Å². The summed E-state index contributed by atoms with van der Waals surface area (Å²) in [5.41, 5.74) is 0.546. The Labute approximate surface area is 112 Å². The van der Waals surface area contributed by atoms with Gasteiger partial charge in [-0.05, 0) is 26.0 Å². The van der Waals surface area contributed by atoms with Crippen molar-refractivity contribution in [1.29, 1.82) is 0 Å². The van der Waals surface area contributed by atoms with Crippen LogP contribution in [0.3, 0.4) is 0 Å². The standard InChI is InChI=1S/C14H18FN3O/c1-10(2)14(19)17-7-8-18(11(3)9-17)13-6-4-5-12(15)16-13/h4-6,11H,1,7-9H2,2-3H3. The average molecular weight is 263 g/mol. The summed E-state index contributed by atoms with van der Waals surface area (Å²) in [6.07, 6.45) is 0. The van der Waals surface area contributed by atoms with Crippen LogP contribution in [0.1, 0.15) is 13.8 Å². The molecule has 2 rings (SSSR count). The van der Waals surface area contributed by atoms with E-state index in [1.54, 1.807) is 24.0 Å². The second-order valence-corrected chi connectivity index (χ2v) is 4.89. The molecule has 0 aromatic carbocycles. The summed E-state index contributed by atoms with van der Waals surface area (Å²) in [4.78, 5) is 19.6. The van der Waals surface area contributed by atoms with Gasteiger partial charge in [0.2, 0.25) is 11.9 Å². The maximum atomic E-state index is 13.1. The number of rotatable bonds is 2. The molecule has 1 atom stereocenters. The molecular weight excluding hydrogens is 245 g/mol. The molecule has 0 radical (unpaired) electrons. The van der Waals surface area contributed by atoms with Crippen LogP contribution in [-0.2, 0) is 4.79 Å². The van der Waals surface area contributed by atoms with E-state index >= 15 is 0 Å². The number of amides is 1. The highest BCUT2D eigenvalue weighted by Crippen LogP contribution is 2.19. The minimum atomic E-state index is -0.481. The summed E-state index contributed by atoms with van der Waals surface area (Å²) in [6.45, 7) is 9.25. The van der Waals surface area contributed by atoms with Gasteiger partial charge in [-0.1, -0.05) is 12.6 Å². The number of carbonyl (C=O) groups is 1. The summed E-state index contributed by atoms with van der Waals surface area (Å²) in [5.74, 6) is 0.124. The van der Waals surface area contributed by atoms with Crippen molar-refractivity contribution in [3.8, 4) is 0 Å². The minimum Gasteiger partial charge on any atom is -0.350 e. The van der Waals surface area contributed by atoms with E-state index in [0.717, 1.165) is 0 Å². The lowest BCUT2D eigenvalue weighted by Gasteiger charge is -2.40. The Morgan fingerprint density at radius 1 is 1.47 bits per heavy atom. The van der Waals surface area contributed by atoms with Gasteiger partial charge >= 0.3 is 0 Å². The number of halogens is 1. The number of aromatic nitrogens is 1. The topological polar surface area (TPSA) is 36.4 Å². The summed E-state index contributed by atoms with van der Waals surface area (Å²) >= 11 is 0.